The second kappa shape index (κ2) is 11.4. The maximum atomic E-state index is 14.2. The van der Waals surface area contributed by atoms with E-state index in [1.165, 1.54) is 0 Å². The number of anilines is 1. The second-order valence-electron chi connectivity index (χ2n) is 7.97. The summed E-state index contributed by atoms with van der Waals surface area (Å²) in [7, 11) is 1.84. The number of rotatable bonds is 6. The van der Waals surface area contributed by atoms with Crippen LogP contribution in [0.3, 0.4) is 0 Å². The van der Waals surface area contributed by atoms with E-state index >= 15 is 0 Å². The molecule has 1 N–H and O–H groups in total. The summed E-state index contributed by atoms with van der Waals surface area (Å²) in [5.41, 5.74) is 2.68. The number of amides is 1. The molecule has 180 valence electrons. The molecule has 5 nitrogen and oxygen atoms in total. The first kappa shape index (κ1) is 25.6. The molecule has 1 saturated heterocycles. The molecular formula is C22H25ClF4N4OS. The number of carbonyl (C=O) groups is 1. The van der Waals surface area contributed by atoms with Crippen LogP contribution in [-0.2, 0) is 24.2 Å². The van der Waals surface area contributed by atoms with E-state index in [1.807, 2.05) is 31.5 Å². The van der Waals surface area contributed by atoms with Crippen molar-refractivity contribution in [1.29, 1.82) is 0 Å². The average molecular weight is 505 g/mol. The van der Waals surface area contributed by atoms with Gasteiger partial charge in [-0.15, -0.1) is 0 Å². The number of pyridine rings is 1. The van der Waals surface area contributed by atoms with Crippen LogP contribution in [0.5, 0.6) is 0 Å². The Bertz CT molecular complexity index is 957. The zero-order valence-electron chi connectivity index (χ0n) is 18.2. The molecule has 0 spiro atoms. The number of hydrogen-bond acceptors (Lipinski definition) is 5. The maximum absolute atomic E-state index is 14.2. The number of fused-ring (bicyclic) bond motifs is 1. The fraction of sp³-hybridized carbons (Fsp3) is 0.455. The van der Waals surface area contributed by atoms with Gasteiger partial charge in [-0.2, -0.15) is 13.2 Å². The summed E-state index contributed by atoms with van der Waals surface area (Å²) in [6.45, 7) is -1.48. The fourth-order valence-electron chi connectivity index (χ4n) is 3.95. The fourth-order valence-corrected chi connectivity index (χ4v) is 4.79. The molecule has 0 bridgehead atoms. The van der Waals surface area contributed by atoms with Crippen molar-refractivity contribution >= 4 is 35.3 Å². The van der Waals surface area contributed by atoms with Crippen LogP contribution in [0.1, 0.15) is 16.7 Å². The zero-order chi connectivity index (χ0) is 24.1. The van der Waals surface area contributed by atoms with Crippen LogP contribution in [0.25, 0.3) is 0 Å². The van der Waals surface area contributed by atoms with Gasteiger partial charge in [-0.25, -0.2) is 13.7 Å². The zero-order valence-corrected chi connectivity index (χ0v) is 19.8. The Morgan fingerprint density at radius 1 is 1.27 bits per heavy atom. The number of carbonyl (C=O) groups excluding carboxylic acids is 1. The molecule has 1 aliphatic heterocycles. The van der Waals surface area contributed by atoms with Gasteiger partial charge in [-0.1, -0.05) is 35.7 Å². The summed E-state index contributed by atoms with van der Waals surface area (Å²) in [6, 6.07) is 7.50. The lowest BCUT2D eigenvalue weighted by Crippen LogP contribution is -2.50. The SMILES string of the molecule is CSN1CC(C(=O)N(C)Cc2ccc(NC3Cc4ccc(Cl)c(F)c4C3)nc2)C1.FC(F)F. The molecule has 1 unspecified atom stereocenters. The lowest BCUT2D eigenvalue weighted by Gasteiger charge is -2.38. The van der Waals surface area contributed by atoms with E-state index in [-0.39, 0.29) is 28.7 Å². The molecule has 4 rings (SSSR count). The minimum Gasteiger partial charge on any atom is -0.367 e. The van der Waals surface area contributed by atoms with Crippen molar-refractivity contribution in [3.8, 4) is 0 Å². The first-order valence-electron chi connectivity index (χ1n) is 10.3. The summed E-state index contributed by atoms with van der Waals surface area (Å²) in [5, 5.41) is 3.55. The smallest absolute Gasteiger partial charge is 0.367 e. The molecule has 1 aliphatic carbocycles. The molecule has 1 aromatic heterocycles. The quantitative estimate of drug-likeness (QED) is 0.452. The van der Waals surface area contributed by atoms with E-state index in [2.05, 4.69) is 14.6 Å². The summed E-state index contributed by atoms with van der Waals surface area (Å²) in [4.78, 5) is 18.7. The van der Waals surface area contributed by atoms with Crippen molar-refractivity contribution in [2.24, 2.45) is 5.92 Å². The van der Waals surface area contributed by atoms with Crippen molar-refractivity contribution in [3.63, 3.8) is 0 Å². The molecule has 2 heterocycles. The summed E-state index contributed by atoms with van der Waals surface area (Å²) < 4.78 is 45.4. The van der Waals surface area contributed by atoms with Gasteiger partial charge in [0.05, 0.1) is 10.9 Å². The van der Waals surface area contributed by atoms with Gasteiger partial charge in [0, 0.05) is 38.9 Å². The molecule has 2 aliphatic rings. The Hall–Kier alpha value is -2.04. The predicted molar refractivity (Wildman–Crippen MR) is 123 cm³/mol. The van der Waals surface area contributed by atoms with Crippen LogP contribution in [0.15, 0.2) is 30.5 Å². The van der Waals surface area contributed by atoms with Crippen LogP contribution in [0.2, 0.25) is 5.02 Å². The number of nitrogens with one attached hydrogen (secondary N) is 1. The Morgan fingerprint density at radius 2 is 1.97 bits per heavy atom. The van der Waals surface area contributed by atoms with E-state index in [0.717, 1.165) is 36.5 Å². The number of hydrogen-bond donors (Lipinski definition) is 1. The van der Waals surface area contributed by atoms with E-state index in [0.29, 0.717) is 18.5 Å². The predicted octanol–water partition coefficient (Wildman–Crippen LogP) is 4.80. The minimum absolute atomic E-state index is 0.0959. The first-order chi connectivity index (χ1) is 15.7. The third kappa shape index (κ3) is 6.74. The highest BCUT2D eigenvalue weighted by Crippen LogP contribution is 2.30. The highest BCUT2D eigenvalue weighted by atomic mass is 35.5. The van der Waals surface area contributed by atoms with Crippen LogP contribution in [0.4, 0.5) is 23.4 Å². The number of aromatic nitrogens is 1. The lowest BCUT2D eigenvalue weighted by atomic mass is 10.0. The van der Waals surface area contributed by atoms with Crippen molar-refractivity contribution in [2.75, 3.05) is 31.7 Å². The highest BCUT2D eigenvalue weighted by molar-refractivity contribution is 7.96. The summed E-state index contributed by atoms with van der Waals surface area (Å²) >= 11 is 7.57. The summed E-state index contributed by atoms with van der Waals surface area (Å²) in [5.74, 6) is 0.722. The van der Waals surface area contributed by atoms with Crippen molar-refractivity contribution in [1.82, 2.24) is 14.2 Å². The molecule has 2 aromatic rings. The molecular weight excluding hydrogens is 480 g/mol. The van der Waals surface area contributed by atoms with Gasteiger partial charge in [0.1, 0.15) is 11.6 Å². The first-order valence-corrected chi connectivity index (χ1v) is 11.9. The van der Waals surface area contributed by atoms with E-state index < -0.39 is 6.68 Å². The number of nitrogens with zero attached hydrogens (tertiary/aromatic N) is 3. The maximum Gasteiger partial charge on any atom is 0.379 e. The van der Waals surface area contributed by atoms with Crippen LogP contribution in [-0.4, -0.2) is 59.2 Å². The molecule has 0 radical (unpaired) electrons. The molecule has 1 aromatic carbocycles. The standard InChI is InChI=1S/C21H24ClFN4OS.CHF3/c1-26(21(28)15-11-27(12-15)29-2)10-13-3-6-19(24-9-13)25-16-7-14-4-5-18(22)20(23)17(14)8-16;2-1(3)4/h3-6,9,15-16H,7-8,10-12H2,1-2H3,(H,24,25);1H. The Morgan fingerprint density at radius 3 is 2.58 bits per heavy atom. The average Bonchev–Trinajstić information content (AvgIpc) is 3.14. The third-order valence-electron chi connectivity index (χ3n) is 5.64. The van der Waals surface area contributed by atoms with Gasteiger partial charge in [-0.05, 0) is 47.9 Å². The van der Waals surface area contributed by atoms with Crippen molar-refractivity contribution in [2.45, 2.75) is 32.1 Å². The van der Waals surface area contributed by atoms with Gasteiger partial charge in [0.2, 0.25) is 5.91 Å². The summed E-state index contributed by atoms with van der Waals surface area (Å²) in [6.07, 6.45) is 5.16. The van der Waals surface area contributed by atoms with Gasteiger partial charge in [0.15, 0.2) is 0 Å². The molecule has 1 fully saturated rings. The number of halogens is 5. The van der Waals surface area contributed by atoms with Gasteiger partial charge in [0.25, 0.3) is 0 Å². The molecule has 33 heavy (non-hydrogen) atoms. The lowest BCUT2D eigenvalue weighted by molar-refractivity contribution is -0.138. The third-order valence-corrected chi connectivity index (χ3v) is 6.74. The van der Waals surface area contributed by atoms with E-state index in [1.54, 1.807) is 29.1 Å². The van der Waals surface area contributed by atoms with Gasteiger partial charge < -0.3 is 10.2 Å². The monoisotopic (exact) mass is 504 g/mol. The Balaban J connectivity index is 0.000000709. The van der Waals surface area contributed by atoms with Gasteiger partial charge >= 0.3 is 6.68 Å². The van der Waals surface area contributed by atoms with Crippen LogP contribution >= 0.6 is 23.5 Å². The van der Waals surface area contributed by atoms with E-state index in [9.17, 15) is 22.4 Å². The van der Waals surface area contributed by atoms with Crippen molar-refractivity contribution in [3.05, 3.63) is 58.0 Å². The molecule has 1 amide bonds. The minimum atomic E-state index is -3.67. The topological polar surface area (TPSA) is 48.5 Å². The largest absolute Gasteiger partial charge is 0.379 e. The molecule has 11 heteroatoms. The molecule has 1 atom stereocenters. The Kier molecular flexibility index (Phi) is 8.83. The number of alkyl halides is 3. The highest BCUT2D eigenvalue weighted by Gasteiger charge is 2.34. The number of benzene rings is 1. The van der Waals surface area contributed by atoms with Crippen LogP contribution in [0, 0.1) is 11.7 Å². The Labute approximate surface area is 199 Å². The van der Waals surface area contributed by atoms with E-state index in [4.69, 9.17) is 11.6 Å². The second-order valence-corrected chi connectivity index (χ2v) is 9.26. The van der Waals surface area contributed by atoms with Gasteiger partial charge in [-0.3, -0.25) is 4.79 Å². The molecule has 0 saturated carbocycles. The normalized spacial score (nSPS) is 17.8. The van der Waals surface area contributed by atoms with Crippen molar-refractivity contribution < 1.29 is 22.4 Å². The van der Waals surface area contributed by atoms with Crippen LogP contribution < -0.4 is 5.32 Å².